The summed E-state index contributed by atoms with van der Waals surface area (Å²) in [6.07, 6.45) is 2.57. The number of aromatic nitrogens is 3. The molecular formula is C21H29N5OS. The Kier molecular flexibility index (Phi) is 6.15. The number of amides is 1. The second-order valence-corrected chi connectivity index (χ2v) is 8.80. The van der Waals surface area contributed by atoms with Gasteiger partial charge in [0.05, 0.1) is 10.2 Å². The van der Waals surface area contributed by atoms with Gasteiger partial charge < -0.3 is 4.90 Å². The molecule has 0 saturated heterocycles. The van der Waals surface area contributed by atoms with Gasteiger partial charge in [0.1, 0.15) is 5.69 Å². The van der Waals surface area contributed by atoms with Gasteiger partial charge in [-0.05, 0) is 78.0 Å². The van der Waals surface area contributed by atoms with E-state index in [0.29, 0.717) is 12.2 Å². The number of fused-ring (bicyclic) bond motifs is 1. The van der Waals surface area contributed by atoms with Gasteiger partial charge in [-0.3, -0.25) is 14.4 Å². The normalized spacial score (nSPS) is 11.7. The maximum absolute atomic E-state index is 13.5. The standard InChI is InChI=1S/C21H29N5OS/c1-14(2)26-17(8-9-22-26)20(27)25(11-7-10-24(5)6)21-23-19-16(4)12-15(3)13-18(19)28-21/h8-9,12-14H,7,10-11H2,1-6H3. The lowest BCUT2D eigenvalue weighted by Crippen LogP contribution is -2.35. The van der Waals surface area contributed by atoms with Crippen molar-refractivity contribution in [2.24, 2.45) is 0 Å². The molecule has 0 spiro atoms. The molecule has 0 N–H and O–H groups in total. The highest BCUT2D eigenvalue weighted by Crippen LogP contribution is 2.32. The molecule has 28 heavy (non-hydrogen) atoms. The van der Waals surface area contributed by atoms with Gasteiger partial charge in [0, 0.05) is 18.8 Å². The Balaban J connectivity index is 2.00. The van der Waals surface area contributed by atoms with Crippen molar-refractivity contribution in [3.05, 3.63) is 41.2 Å². The fourth-order valence-electron chi connectivity index (χ4n) is 3.34. The third-order valence-electron chi connectivity index (χ3n) is 4.66. The van der Waals surface area contributed by atoms with Gasteiger partial charge >= 0.3 is 0 Å². The van der Waals surface area contributed by atoms with E-state index in [1.54, 1.807) is 28.3 Å². The van der Waals surface area contributed by atoms with Crippen LogP contribution in [-0.2, 0) is 0 Å². The van der Waals surface area contributed by atoms with E-state index in [9.17, 15) is 4.79 Å². The summed E-state index contributed by atoms with van der Waals surface area (Å²) in [6, 6.07) is 6.20. The number of rotatable bonds is 7. The average Bonchev–Trinajstić information content (AvgIpc) is 3.24. The van der Waals surface area contributed by atoms with Crippen molar-refractivity contribution in [2.45, 2.75) is 40.2 Å². The molecule has 0 radical (unpaired) electrons. The molecule has 1 amide bonds. The molecule has 0 aliphatic carbocycles. The number of benzene rings is 1. The quantitative estimate of drug-likeness (QED) is 0.595. The van der Waals surface area contributed by atoms with E-state index in [2.05, 4.69) is 36.0 Å². The summed E-state index contributed by atoms with van der Waals surface area (Å²) in [5, 5.41) is 5.09. The number of aryl methyl sites for hydroxylation is 2. The van der Waals surface area contributed by atoms with Crippen molar-refractivity contribution in [1.82, 2.24) is 19.7 Å². The van der Waals surface area contributed by atoms with E-state index in [4.69, 9.17) is 4.98 Å². The van der Waals surface area contributed by atoms with Crippen LogP contribution in [0.4, 0.5) is 5.13 Å². The predicted octanol–water partition coefficient (Wildman–Crippen LogP) is 4.29. The first-order chi connectivity index (χ1) is 13.3. The first-order valence-corrected chi connectivity index (χ1v) is 10.5. The van der Waals surface area contributed by atoms with Crippen molar-refractivity contribution in [3.8, 4) is 0 Å². The molecule has 0 aliphatic rings. The van der Waals surface area contributed by atoms with Gasteiger partial charge in [-0.2, -0.15) is 5.10 Å². The van der Waals surface area contributed by atoms with Crippen molar-refractivity contribution in [3.63, 3.8) is 0 Å². The Morgan fingerprint density at radius 2 is 1.96 bits per heavy atom. The molecule has 0 unspecified atom stereocenters. The molecule has 3 rings (SSSR count). The van der Waals surface area contributed by atoms with E-state index < -0.39 is 0 Å². The van der Waals surface area contributed by atoms with Gasteiger partial charge in [-0.15, -0.1) is 0 Å². The first-order valence-electron chi connectivity index (χ1n) is 9.66. The van der Waals surface area contributed by atoms with Crippen LogP contribution in [0.3, 0.4) is 0 Å². The lowest BCUT2D eigenvalue weighted by Gasteiger charge is -2.22. The van der Waals surface area contributed by atoms with Crippen LogP contribution in [0.25, 0.3) is 10.2 Å². The molecule has 0 bridgehead atoms. The maximum Gasteiger partial charge on any atom is 0.278 e. The van der Waals surface area contributed by atoms with E-state index >= 15 is 0 Å². The van der Waals surface area contributed by atoms with Gasteiger partial charge in [0.25, 0.3) is 5.91 Å². The number of nitrogens with zero attached hydrogens (tertiary/aromatic N) is 5. The average molecular weight is 400 g/mol. The van der Waals surface area contributed by atoms with Gasteiger partial charge in [0.2, 0.25) is 0 Å². The Bertz CT molecular complexity index is 972. The molecule has 2 heterocycles. The number of hydrogen-bond donors (Lipinski definition) is 0. The number of carbonyl (C=O) groups is 1. The van der Waals surface area contributed by atoms with Crippen LogP contribution in [0, 0.1) is 13.8 Å². The minimum absolute atomic E-state index is 0.0432. The third-order valence-corrected chi connectivity index (χ3v) is 5.69. The smallest absolute Gasteiger partial charge is 0.278 e. The summed E-state index contributed by atoms with van der Waals surface area (Å²) in [4.78, 5) is 22.2. The monoisotopic (exact) mass is 399 g/mol. The topological polar surface area (TPSA) is 54.3 Å². The molecule has 1 aromatic carbocycles. The summed E-state index contributed by atoms with van der Waals surface area (Å²) >= 11 is 1.58. The van der Waals surface area contributed by atoms with Crippen molar-refractivity contribution < 1.29 is 4.79 Å². The lowest BCUT2D eigenvalue weighted by molar-refractivity contribution is 0.0974. The van der Waals surface area contributed by atoms with E-state index in [1.165, 1.54) is 5.56 Å². The summed E-state index contributed by atoms with van der Waals surface area (Å²) in [6.45, 7) is 9.76. The zero-order valence-electron chi connectivity index (χ0n) is 17.6. The fraction of sp³-hybridized carbons (Fsp3) is 0.476. The second kappa shape index (κ2) is 8.41. The molecule has 3 aromatic rings. The number of carbonyl (C=O) groups excluding carboxylic acids is 1. The lowest BCUT2D eigenvalue weighted by atomic mass is 10.1. The van der Waals surface area contributed by atoms with Gasteiger partial charge in [-0.1, -0.05) is 17.4 Å². The summed E-state index contributed by atoms with van der Waals surface area (Å²) < 4.78 is 2.90. The van der Waals surface area contributed by atoms with Crippen molar-refractivity contribution in [1.29, 1.82) is 0 Å². The second-order valence-electron chi connectivity index (χ2n) is 7.79. The zero-order valence-corrected chi connectivity index (χ0v) is 18.4. The van der Waals surface area contributed by atoms with Crippen LogP contribution < -0.4 is 4.90 Å². The van der Waals surface area contributed by atoms with Gasteiger partial charge in [-0.25, -0.2) is 4.98 Å². The van der Waals surface area contributed by atoms with Crippen LogP contribution in [0.1, 0.15) is 47.9 Å². The van der Waals surface area contributed by atoms with Gasteiger partial charge in [0.15, 0.2) is 5.13 Å². The Morgan fingerprint density at radius 3 is 2.64 bits per heavy atom. The molecule has 150 valence electrons. The highest BCUT2D eigenvalue weighted by molar-refractivity contribution is 7.22. The fourth-order valence-corrected chi connectivity index (χ4v) is 4.50. The minimum Gasteiger partial charge on any atom is -0.309 e. The predicted molar refractivity (Wildman–Crippen MR) is 117 cm³/mol. The Hall–Kier alpha value is -2.25. The molecule has 0 aliphatic heterocycles. The summed E-state index contributed by atoms with van der Waals surface area (Å²) in [5.74, 6) is -0.0432. The zero-order chi connectivity index (χ0) is 20.4. The van der Waals surface area contributed by atoms with Crippen LogP contribution in [-0.4, -0.2) is 52.8 Å². The molecule has 0 saturated carbocycles. The molecule has 6 nitrogen and oxygen atoms in total. The number of hydrogen-bond acceptors (Lipinski definition) is 5. The summed E-state index contributed by atoms with van der Waals surface area (Å²) in [7, 11) is 4.09. The van der Waals surface area contributed by atoms with Crippen LogP contribution in [0.15, 0.2) is 24.4 Å². The minimum atomic E-state index is -0.0432. The molecule has 0 fully saturated rings. The largest absolute Gasteiger partial charge is 0.309 e. The molecular weight excluding hydrogens is 370 g/mol. The molecule has 0 atom stereocenters. The van der Waals surface area contributed by atoms with Crippen LogP contribution in [0.5, 0.6) is 0 Å². The third kappa shape index (κ3) is 4.25. The van der Waals surface area contributed by atoms with E-state index in [0.717, 1.165) is 33.9 Å². The molecule has 2 aromatic heterocycles. The van der Waals surface area contributed by atoms with E-state index in [1.807, 2.05) is 32.8 Å². The Labute approximate surface area is 170 Å². The SMILES string of the molecule is Cc1cc(C)c2nc(N(CCCN(C)C)C(=O)c3ccnn3C(C)C)sc2c1. The highest BCUT2D eigenvalue weighted by atomic mass is 32.1. The molecule has 7 heteroatoms. The van der Waals surface area contributed by atoms with Crippen LogP contribution in [0.2, 0.25) is 0 Å². The first kappa shape index (κ1) is 20.5. The van der Waals surface area contributed by atoms with Crippen molar-refractivity contribution in [2.75, 3.05) is 32.1 Å². The highest BCUT2D eigenvalue weighted by Gasteiger charge is 2.25. The summed E-state index contributed by atoms with van der Waals surface area (Å²) in [5.41, 5.74) is 3.94. The Morgan fingerprint density at radius 1 is 1.21 bits per heavy atom. The number of thiazole rings is 1. The van der Waals surface area contributed by atoms with Crippen molar-refractivity contribution >= 4 is 32.6 Å². The van der Waals surface area contributed by atoms with E-state index in [-0.39, 0.29) is 11.9 Å². The number of anilines is 1. The van der Waals surface area contributed by atoms with Crippen LogP contribution >= 0.6 is 11.3 Å². The maximum atomic E-state index is 13.5.